The first kappa shape index (κ1) is 9.51. The van der Waals surface area contributed by atoms with Crippen LogP contribution in [0, 0.1) is 0 Å². The molecule has 0 spiro atoms. The van der Waals surface area contributed by atoms with Crippen LogP contribution in [0.4, 0.5) is 0 Å². The second-order valence-corrected chi connectivity index (χ2v) is 2.71. The van der Waals surface area contributed by atoms with Crippen LogP contribution in [0.25, 0.3) is 0 Å². The van der Waals surface area contributed by atoms with Crippen molar-refractivity contribution in [1.29, 1.82) is 0 Å². The van der Waals surface area contributed by atoms with Gasteiger partial charge in [0.15, 0.2) is 0 Å². The van der Waals surface area contributed by atoms with E-state index in [1.807, 2.05) is 0 Å². The van der Waals surface area contributed by atoms with Crippen LogP contribution in [0.3, 0.4) is 0 Å². The molecule has 0 saturated heterocycles. The Balaban J connectivity index is 2.60. The lowest BCUT2D eigenvalue weighted by molar-refractivity contribution is -0.136. The lowest BCUT2D eigenvalue weighted by atomic mass is 10.2. The average Bonchev–Trinajstić information content (AvgIpc) is 2.50. The van der Waals surface area contributed by atoms with Crippen LogP contribution < -0.4 is 5.32 Å². The highest BCUT2D eigenvalue weighted by Gasteiger charge is 2.14. The summed E-state index contributed by atoms with van der Waals surface area (Å²) in [7, 11) is 1.33. The molecule has 1 aliphatic rings. The second kappa shape index (κ2) is 3.89. The fraction of sp³-hybridized carbons (Fsp3) is 0.333. The van der Waals surface area contributed by atoms with Gasteiger partial charge < -0.3 is 10.1 Å². The molecule has 0 aliphatic heterocycles. The summed E-state index contributed by atoms with van der Waals surface area (Å²) in [5, 5.41) is 2.59. The third-order valence-electron chi connectivity index (χ3n) is 1.64. The minimum atomic E-state index is -0.350. The van der Waals surface area contributed by atoms with E-state index in [2.05, 4.69) is 10.1 Å². The van der Waals surface area contributed by atoms with E-state index >= 15 is 0 Å². The van der Waals surface area contributed by atoms with Crippen molar-refractivity contribution in [3.63, 3.8) is 0 Å². The van der Waals surface area contributed by atoms with Gasteiger partial charge in [0.25, 0.3) is 0 Å². The van der Waals surface area contributed by atoms with Crippen molar-refractivity contribution in [3.8, 4) is 0 Å². The van der Waals surface area contributed by atoms with Crippen LogP contribution in [-0.2, 0) is 14.3 Å². The summed E-state index contributed by atoms with van der Waals surface area (Å²) in [6.45, 7) is 1.42. The topological polar surface area (TPSA) is 55.4 Å². The lowest BCUT2D eigenvalue weighted by Crippen LogP contribution is -2.17. The predicted molar refractivity (Wildman–Crippen MR) is 46.6 cm³/mol. The molecule has 1 aliphatic carbocycles. The number of nitrogens with one attached hydrogen (secondary N) is 1. The first-order valence-electron chi connectivity index (χ1n) is 3.90. The monoisotopic (exact) mass is 181 g/mol. The predicted octanol–water partition coefficient (Wildman–Crippen LogP) is 0.509. The number of hydrogen-bond donors (Lipinski definition) is 1. The van der Waals surface area contributed by atoms with Gasteiger partial charge in [-0.2, -0.15) is 0 Å². The third kappa shape index (κ3) is 2.43. The summed E-state index contributed by atoms with van der Waals surface area (Å²) >= 11 is 0. The Morgan fingerprint density at radius 3 is 2.77 bits per heavy atom. The summed E-state index contributed by atoms with van der Waals surface area (Å²) in [5.74, 6) is -0.495. The summed E-state index contributed by atoms with van der Waals surface area (Å²) in [4.78, 5) is 21.7. The van der Waals surface area contributed by atoms with Crippen molar-refractivity contribution in [2.24, 2.45) is 0 Å². The van der Waals surface area contributed by atoms with E-state index in [-0.39, 0.29) is 11.9 Å². The Bertz CT molecular complexity index is 302. The molecular weight excluding hydrogens is 170 g/mol. The minimum Gasteiger partial charge on any atom is -0.466 e. The van der Waals surface area contributed by atoms with Crippen LogP contribution in [0.1, 0.15) is 13.3 Å². The smallest absolute Gasteiger partial charge is 0.334 e. The molecule has 1 N–H and O–H groups in total. The minimum absolute atomic E-state index is 0.145. The molecule has 0 aromatic heterocycles. The highest BCUT2D eigenvalue weighted by molar-refractivity contribution is 5.90. The number of esters is 1. The lowest BCUT2D eigenvalue weighted by Gasteiger charge is -1.98. The first-order chi connectivity index (χ1) is 6.13. The molecule has 0 radical (unpaired) electrons. The summed E-state index contributed by atoms with van der Waals surface area (Å²) < 4.78 is 4.53. The van der Waals surface area contributed by atoms with Crippen molar-refractivity contribution in [3.05, 3.63) is 23.4 Å². The molecule has 0 unspecified atom stereocenters. The summed E-state index contributed by atoms with van der Waals surface area (Å²) in [6, 6.07) is 0. The first-order valence-corrected chi connectivity index (χ1v) is 3.90. The molecule has 0 aromatic rings. The maximum atomic E-state index is 11.0. The molecule has 0 saturated carbocycles. The zero-order chi connectivity index (χ0) is 9.84. The highest BCUT2D eigenvalue weighted by atomic mass is 16.5. The van der Waals surface area contributed by atoms with Gasteiger partial charge >= 0.3 is 5.97 Å². The van der Waals surface area contributed by atoms with Crippen LogP contribution in [0.15, 0.2) is 23.4 Å². The van der Waals surface area contributed by atoms with Crippen molar-refractivity contribution >= 4 is 11.9 Å². The van der Waals surface area contributed by atoms with Gasteiger partial charge in [-0.3, -0.25) is 4.79 Å². The molecule has 4 heteroatoms. The summed E-state index contributed by atoms with van der Waals surface area (Å²) in [6.07, 6.45) is 3.91. The Kier molecular flexibility index (Phi) is 2.84. The van der Waals surface area contributed by atoms with Crippen molar-refractivity contribution in [2.45, 2.75) is 13.3 Å². The SMILES string of the molecule is COC(=O)C1=CC(NC(C)=O)=CC1. The van der Waals surface area contributed by atoms with Crippen LogP contribution in [0.5, 0.6) is 0 Å². The zero-order valence-electron chi connectivity index (χ0n) is 7.59. The quantitative estimate of drug-likeness (QED) is 0.631. The van der Waals surface area contributed by atoms with E-state index in [1.165, 1.54) is 14.0 Å². The molecule has 0 bridgehead atoms. The molecule has 1 rings (SSSR count). The zero-order valence-corrected chi connectivity index (χ0v) is 7.59. The molecule has 1 amide bonds. The van der Waals surface area contributed by atoms with Crippen LogP contribution in [0.2, 0.25) is 0 Å². The molecular formula is C9H11NO3. The van der Waals surface area contributed by atoms with Gasteiger partial charge in [0, 0.05) is 18.2 Å². The van der Waals surface area contributed by atoms with E-state index in [1.54, 1.807) is 12.2 Å². The second-order valence-electron chi connectivity index (χ2n) is 2.71. The molecule has 4 nitrogen and oxygen atoms in total. The number of amides is 1. The normalized spacial score (nSPS) is 14.6. The van der Waals surface area contributed by atoms with Gasteiger partial charge in [-0.25, -0.2) is 4.79 Å². The molecule has 0 heterocycles. The molecule has 0 atom stereocenters. The molecule has 70 valence electrons. The maximum Gasteiger partial charge on any atom is 0.334 e. The van der Waals surface area contributed by atoms with Gasteiger partial charge in [0.1, 0.15) is 0 Å². The molecule has 0 fully saturated rings. The molecule has 0 aromatic carbocycles. The Labute approximate surface area is 76.3 Å². The highest BCUT2D eigenvalue weighted by Crippen LogP contribution is 2.16. The van der Waals surface area contributed by atoms with Crippen molar-refractivity contribution in [1.82, 2.24) is 5.32 Å². The number of carbonyl (C=O) groups is 2. The van der Waals surface area contributed by atoms with E-state index in [0.717, 1.165) is 0 Å². The van der Waals surface area contributed by atoms with Gasteiger partial charge in [-0.1, -0.05) is 6.08 Å². The Morgan fingerprint density at radius 2 is 2.23 bits per heavy atom. The largest absolute Gasteiger partial charge is 0.466 e. The Morgan fingerprint density at radius 1 is 1.54 bits per heavy atom. The number of hydrogen-bond acceptors (Lipinski definition) is 3. The van der Waals surface area contributed by atoms with E-state index in [4.69, 9.17) is 0 Å². The van der Waals surface area contributed by atoms with Crippen molar-refractivity contribution in [2.75, 3.05) is 7.11 Å². The van der Waals surface area contributed by atoms with E-state index in [0.29, 0.717) is 17.7 Å². The van der Waals surface area contributed by atoms with E-state index < -0.39 is 0 Å². The number of ether oxygens (including phenoxy) is 1. The number of methoxy groups -OCH3 is 1. The van der Waals surface area contributed by atoms with Crippen LogP contribution in [-0.4, -0.2) is 19.0 Å². The average molecular weight is 181 g/mol. The van der Waals surface area contributed by atoms with Gasteiger partial charge in [-0.05, 0) is 12.5 Å². The van der Waals surface area contributed by atoms with E-state index in [9.17, 15) is 9.59 Å². The standard InChI is InChI=1S/C9H11NO3/c1-6(11)10-8-4-3-7(5-8)9(12)13-2/h4-5H,3H2,1-2H3,(H,10,11). The van der Waals surface area contributed by atoms with Gasteiger partial charge in [0.05, 0.1) is 7.11 Å². The maximum absolute atomic E-state index is 11.0. The fourth-order valence-electron chi connectivity index (χ4n) is 1.09. The number of rotatable bonds is 2. The summed E-state index contributed by atoms with van der Waals surface area (Å²) in [5.41, 5.74) is 1.22. The van der Waals surface area contributed by atoms with Gasteiger partial charge in [-0.15, -0.1) is 0 Å². The third-order valence-corrected chi connectivity index (χ3v) is 1.64. The van der Waals surface area contributed by atoms with Crippen LogP contribution >= 0.6 is 0 Å². The molecule has 13 heavy (non-hydrogen) atoms. The number of carbonyl (C=O) groups excluding carboxylic acids is 2. The fourth-order valence-corrected chi connectivity index (χ4v) is 1.09. The van der Waals surface area contributed by atoms with Gasteiger partial charge in [0.2, 0.25) is 5.91 Å². The number of allylic oxidation sites excluding steroid dienone is 2. The van der Waals surface area contributed by atoms with Crippen molar-refractivity contribution < 1.29 is 14.3 Å². The Hall–Kier alpha value is -1.58.